The molecule has 1 aromatic rings. The quantitative estimate of drug-likeness (QED) is 0.623. The smallest absolute Gasteiger partial charge is 0.103 e. The Morgan fingerprint density at radius 2 is 2.08 bits per heavy atom. The molecule has 12 heavy (non-hydrogen) atoms. The van der Waals surface area contributed by atoms with E-state index < -0.39 is 18.8 Å². The summed E-state index contributed by atoms with van der Waals surface area (Å²) in [6.07, 6.45) is -1.50. The van der Waals surface area contributed by atoms with E-state index in [4.69, 9.17) is 10.2 Å². The second-order valence-corrected chi connectivity index (χ2v) is 3.63. The fraction of sp³-hybridized carbons (Fsp3) is 0.500. The van der Waals surface area contributed by atoms with Crippen molar-refractivity contribution in [3.05, 3.63) is 22.4 Å². The highest BCUT2D eigenvalue weighted by Crippen LogP contribution is 2.12. The van der Waals surface area contributed by atoms with Crippen molar-refractivity contribution in [3.63, 3.8) is 0 Å². The van der Waals surface area contributed by atoms with Crippen molar-refractivity contribution in [1.29, 1.82) is 0 Å². The molecule has 0 aromatic carbocycles. The first-order chi connectivity index (χ1) is 5.74. The van der Waals surface area contributed by atoms with Crippen molar-refractivity contribution in [2.75, 3.05) is 6.61 Å². The molecule has 0 radical (unpaired) electrons. The van der Waals surface area contributed by atoms with Crippen LogP contribution in [0.25, 0.3) is 0 Å². The molecular formula is C8H12O3S. The molecule has 68 valence electrons. The van der Waals surface area contributed by atoms with E-state index in [1.165, 1.54) is 11.3 Å². The van der Waals surface area contributed by atoms with Gasteiger partial charge in [0.2, 0.25) is 0 Å². The molecule has 0 spiro atoms. The SMILES string of the molecule is OC[C@@H](O)[C@H](O)Cc1cccs1. The van der Waals surface area contributed by atoms with Crippen LogP contribution in [0.2, 0.25) is 0 Å². The Kier molecular flexibility index (Phi) is 3.68. The first-order valence-corrected chi connectivity index (χ1v) is 4.61. The highest BCUT2D eigenvalue weighted by atomic mass is 32.1. The van der Waals surface area contributed by atoms with E-state index in [9.17, 15) is 5.11 Å². The second-order valence-electron chi connectivity index (χ2n) is 2.60. The van der Waals surface area contributed by atoms with Crippen molar-refractivity contribution in [2.45, 2.75) is 18.6 Å². The predicted molar refractivity (Wildman–Crippen MR) is 47.1 cm³/mol. The average molecular weight is 188 g/mol. The molecule has 3 N–H and O–H groups in total. The molecule has 1 aromatic heterocycles. The number of hydrogen-bond acceptors (Lipinski definition) is 4. The molecule has 0 aliphatic heterocycles. The van der Waals surface area contributed by atoms with Crippen LogP contribution >= 0.6 is 11.3 Å². The zero-order valence-electron chi connectivity index (χ0n) is 6.55. The molecule has 1 heterocycles. The lowest BCUT2D eigenvalue weighted by atomic mass is 10.1. The van der Waals surface area contributed by atoms with E-state index in [1.54, 1.807) is 0 Å². The van der Waals surface area contributed by atoms with Gasteiger partial charge in [0.15, 0.2) is 0 Å². The lowest BCUT2D eigenvalue weighted by Gasteiger charge is -2.13. The normalized spacial score (nSPS) is 15.9. The molecular weight excluding hydrogens is 176 g/mol. The third kappa shape index (κ3) is 2.57. The van der Waals surface area contributed by atoms with Gasteiger partial charge < -0.3 is 15.3 Å². The minimum atomic E-state index is -1.04. The Morgan fingerprint density at radius 3 is 2.58 bits per heavy atom. The predicted octanol–water partition coefficient (Wildman–Crippen LogP) is 0.00470. The standard InChI is InChI=1S/C8H12O3S/c9-5-8(11)7(10)4-6-2-1-3-12-6/h1-3,7-11H,4-5H2/t7-,8-/m1/s1. The van der Waals surface area contributed by atoms with Crippen LogP contribution in [0.15, 0.2) is 17.5 Å². The number of rotatable bonds is 4. The minimum absolute atomic E-state index is 0.396. The van der Waals surface area contributed by atoms with Gasteiger partial charge in [0.25, 0.3) is 0 Å². The first kappa shape index (κ1) is 9.67. The Hall–Kier alpha value is -0.420. The summed E-state index contributed by atoms with van der Waals surface area (Å²) in [5.41, 5.74) is 0. The van der Waals surface area contributed by atoms with Crippen molar-refractivity contribution in [3.8, 4) is 0 Å². The maximum Gasteiger partial charge on any atom is 0.103 e. The summed E-state index contributed by atoms with van der Waals surface area (Å²) in [6.45, 7) is -0.396. The van der Waals surface area contributed by atoms with Gasteiger partial charge in [-0.25, -0.2) is 0 Å². The van der Waals surface area contributed by atoms with E-state index in [0.717, 1.165) is 4.88 Å². The van der Waals surface area contributed by atoms with Crippen LogP contribution in [0.1, 0.15) is 4.88 Å². The highest BCUT2D eigenvalue weighted by molar-refractivity contribution is 7.09. The van der Waals surface area contributed by atoms with E-state index in [0.29, 0.717) is 6.42 Å². The number of thiophene rings is 1. The van der Waals surface area contributed by atoms with E-state index in [2.05, 4.69) is 0 Å². The zero-order valence-corrected chi connectivity index (χ0v) is 7.37. The lowest BCUT2D eigenvalue weighted by Crippen LogP contribution is -2.30. The molecule has 0 fully saturated rings. The number of aliphatic hydroxyl groups is 3. The van der Waals surface area contributed by atoms with Crippen molar-refractivity contribution in [2.24, 2.45) is 0 Å². The molecule has 0 saturated carbocycles. The molecule has 3 nitrogen and oxygen atoms in total. The maximum absolute atomic E-state index is 9.29. The molecule has 4 heteroatoms. The Labute approximate surface area is 74.9 Å². The van der Waals surface area contributed by atoms with Gasteiger partial charge >= 0.3 is 0 Å². The van der Waals surface area contributed by atoms with Crippen molar-refractivity contribution >= 4 is 11.3 Å². The minimum Gasteiger partial charge on any atom is -0.394 e. The summed E-state index contributed by atoms with van der Waals surface area (Å²) < 4.78 is 0. The van der Waals surface area contributed by atoms with Gasteiger partial charge in [-0.2, -0.15) is 0 Å². The molecule has 0 amide bonds. The van der Waals surface area contributed by atoms with Gasteiger partial charge in [-0.1, -0.05) is 6.07 Å². The van der Waals surface area contributed by atoms with Crippen LogP contribution in [-0.2, 0) is 6.42 Å². The van der Waals surface area contributed by atoms with Crippen LogP contribution in [0.4, 0.5) is 0 Å². The molecule has 0 aliphatic rings. The Balaban J connectivity index is 2.41. The Bertz CT molecular complexity index is 210. The third-order valence-corrected chi connectivity index (χ3v) is 2.52. The van der Waals surface area contributed by atoms with Crippen molar-refractivity contribution in [1.82, 2.24) is 0 Å². The van der Waals surface area contributed by atoms with Gasteiger partial charge in [-0.3, -0.25) is 0 Å². The van der Waals surface area contributed by atoms with Crippen LogP contribution in [0.3, 0.4) is 0 Å². The largest absolute Gasteiger partial charge is 0.394 e. The highest BCUT2D eigenvalue weighted by Gasteiger charge is 2.15. The Morgan fingerprint density at radius 1 is 1.33 bits per heavy atom. The van der Waals surface area contributed by atoms with Gasteiger partial charge in [0.05, 0.1) is 12.7 Å². The number of hydrogen-bond donors (Lipinski definition) is 3. The van der Waals surface area contributed by atoms with E-state index >= 15 is 0 Å². The fourth-order valence-corrected chi connectivity index (χ4v) is 1.65. The summed E-state index contributed by atoms with van der Waals surface area (Å²) in [5.74, 6) is 0. The third-order valence-electron chi connectivity index (χ3n) is 1.62. The molecule has 1 rings (SSSR count). The zero-order chi connectivity index (χ0) is 8.97. The molecule has 2 atom stereocenters. The van der Waals surface area contributed by atoms with Gasteiger partial charge in [-0.05, 0) is 11.4 Å². The summed E-state index contributed by atoms with van der Waals surface area (Å²) in [5, 5.41) is 28.8. The summed E-state index contributed by atoms with van der Waals surface area (Å²) in [4.78, 5) is 1.01. The summed E-state index contributed by atoms with van der Waals surface area (Å²) in [7, 11) is 0. The van der Waals surface area contributed by atoms with Crippen LogP contribution < -0.4 is 0 Å². The second kappa shape index (κ2) is 4.57. The van der Waals surface area contributed by atoms with Gasteiger partial charge in [0, 0.05) is 11.3 Å². The molecule has 0 saturated heterocycles. The summed E-state index contributed by atoms with van der Waals surface area (Å²) in [6, 6.07) is 3.77. The summed E-state index contributed by atoms with van der Waals surface area (Å²) >= 11 is 1.53. The maximum atomic E-state index is 9.29. The van der Waals surface area contributed by atoms with E-state index in [1.807, 2.05) is 17.5 Å². The van der Waals surface area contributed by atoms with Crippen LogP contribution in [0, 0.1) is 0 Å². The van der Waals surface area contributed by atoms with Gasteiger partial charge in [-0.15, -0.1) is 11.3 Å². The van der Waals surface area contributed by atoms with Crippen molar-refractivity contribution < 1.29 is 15.3 Å². The molecule has 0 bridgehead atoms. The molecule has 0 unspecified atom stereocenters. The fourth-order valence-electron chi connectivity index (χ4n) is 0.893. The van der Waals surface area contributed by atoms with Crippen LogP contribution in [-0.4, -0.2) is 34.1 Å². The molecule has 0 aliphatic carbocycles. The lowest BCUT2D eigenvalue weighted by molar-refractivity contribution is -0.0129. The topological polar surface area (TPSA) is 60.7 Å². The first-order valence-electron chi connectivity index (χ1n) is 3.73. The van der Waals surface area contributed by atoms with Gasteiger partial charge in [0.1, 0.15) is 6.10 Å². The van der Waals surface area contributed by atoms with E-state index in [-0.39, 0.29) is 0 Å². The number of aliphatic hydroxyl groups excluding tert-OH is 3. The monoisotopic (exact) mass is 188 g/mol. The average Bonchev–Trinajstić information content (AvgIpc) is 2.55. The van der Waals surface area contributed by atoms with Crippen LogP contribution in [0.5, 0.6) is 0 Å².